The lowest BCUT2D eigenvalue weighted by molar-refractivity contribution is -0.137. The Morgan fingerprint density at radius 1 is 1.10 bits per heavy atom. The first-order valence-electron chi connectivity index (χ1n) is 9.53. The molecule has 1 unspecified atom stereocenters. The fraction of sp³-hybridized carbons (Fsp3) is 0.182. The van der Waals surface area contributed by atoms with Crippen molar-refractivity contribution in [1.82, 2.24) is 14.5 Å². The summed E-state index contributed by atoms with van der Waals surface area (Å²) in [6.45, 7) is 2.37. The second-order valence-electron chi connectivity index (χ2n) is 7.23. The monoisotopic (exact) mass is 426 g/mol. The number of hydrogen-bond acceptors (Lipinski definition) is 5. The van der Waals surface area contributed by atoms with Crippen LogP contribution in [0.2, 0.25) is 0 Å². The van der Waals surface area contributed by atoms with E-state index in [0.29, 0.717) is 23.7 Å². The van der Waals surface area contributed by atoms with Gasteiger partial charge in [-0.15, -0.1) is 0 Å². The van der Waals surface area contributed by atoms with Crippen LogP contribution >= 0.6 is 0 Å². The number of nitrogen functional groups attached to an aromatic ring is 1. The second-order valence-corrected chi connectivity index (χ2v) is 7.23. The molecule has 4 aromatic rings. The van der Waals surface area contributed by atoms with E-state index in [2.05, 4.69) is 9.97 Å². The van der Waals surface area contributed by atoms with Crippen molar-refractivity contribution >= 4 is 16.9 Å². The maximum atomic E-state index is 12.9. The van der Waals surface area contributed by atoms with Crippen molar-refractivity contribution in [2.24, 2.45) is 0 Å². The number of benzene rings is 2. The lowest BCUT2D eigenvalue weighted by Gasteiger charge is -2.12. The van der Waals surface area contributed by atoms with E-state index in [4.69, 9.17) is 15.2 Å². The zero-order valence-electron chi connectivity index (χ0n) is 16.3. The molecule has 1 atom stereocenters. The SMILES string of the molecule is CC1OCc2c1c1ncnc(N)c1n2-c1ccc(Oc2cccc(C(F)(F)F)c2)cc1. The molecule has 0 spiro atoms. The summed E-state index contributed by atoms with van der Waals surface area (Å²) in [4.78, 5) is 8.52. The molecule has 0 fully saturated rings. The number of rotatable bonds is 3. The molecule has 6 nitrogen and oxygen atoms in total. The van der Waals surface area contributed by atoms with E-state index < -0.39 is 11.7 Å². The van der Waals surface area contributed by atoms with Gasteiger partial charge in [0.15, 0.2) is 5.82 Å². The molecule has 2 aromatic carbocycles. The molecule has 0 bridgehead atoms. The summed E-state index contributed by atoms with van der Waals surface area (Å²) in [5.74, 6) is 0.871. The van der Waals surface area contributed by atoms with Gasteiger partial charge in [0, 0.05) is 11.3 Å². The molecule has 9 heteroatoms. The highest BCUT2D eigenvalue weighted by Gasteiger charge is 2.31. The van der Waals surface area contributed by atoms with Gasteiger partial charge in [0.05, 0.1) is 24.0 Å². The highest BCUT2D eigenvalue weighted by atomic mass is 19.4. The van der Waals surface area contributed by atoms with Gasteiger partial charge in [-0.1, -0.05) is 6.07 Å². The van der Waals surface area contributed by atoms with Crippen LogP contribution in [0.3, 0.4) is 0 Å². The average Bonchev–Trinajstić information content (AvgIpc) is 3.27. The maximum Gasteiger partial charge on any atom is 0.416 e. The summed E-state index contributed by atoms with van der Waals surface area (Å²) in [5, 5.41) is 0. The van der Waals surface area contributed by atoms with Crippen molar-refractivity contribution in [3.05, 3.63) is 71.7 Å². The predicted molar refractivity (Wildman–Crippen MR) is 108 cm³/mol. The Kier molecular flexibility index (Phi) is 4.37. The van der Waals surface area contributed by atoms with Gasteiger partial charge in [-0.2, -0.15) is 13.2 Å². The van der Waals surface area contributed by atoms with Gasteiger partial charge in [0.25, 0.3) is 0 Å². The standard InChI is InChI=1S/C22H17F3N4O2/c1-12-18-17(10-30-12)29(20-19(18)27-11-28-21(20)26)14-5-7-15(8-6-14)31-16-4-2-3-13(9-16)22(23,24)25/h2-9,11-12H,10H2,1H3,(H2,26,27,28). The average molecular weight is 426 g/mol. The molecule has 2 aromatic heterocycles. The second kappa shape index (κ2) is 6.98. The Hall–Kier alpha value is -3.59. The minimum Gasteiger partial charge on any atom is -0.457 e. The molecule has 5 rings (SSSR count). The number of nitrogens with two attached hydrogens (primary N) is 1. The zero-order chi connectivity index (χ0) is 21.8. The van der Waals surface area contributed by atoms with Crippen molar-refractivity contribution in [2.45, 2.75) is 25.8 Å². The molecule has 158 valence electrons. The summed E-state index contributed by atoms with van der Waals surface area (Å²) in [5.41, 5.74) is 9.56. The molecule has 3 heterocycles. The van der Waals surface area contributed by atoms with Gasteiger partial charge in [0.2, 0.25) is 0 Å². The molecule has 2 N–H and O–H groups in total. The topological polar surface area (TPSA) is 75.2 Å². The number of halogens is 3. The van der Waals surface area contributed by atoms with Crippen molar-refractivity contribution in [3.8, 4) is 17.2 Å². The Morgan fingerprint density at radius 2 is 1.87 bits per heavy atom. The lowest BCUT2D eigenvalue weighted by Crippen LogP contribution is -2.04. The van der Waals surface area contributed by atoms with Crippen molar-refractivity contribution in [2.75, 3.05) is 5.73 Å². The lowest BCUT2D eigenvalue weighted by atomic mass is 10.1. The molecule has 0 saturated heterocycles. The first-order valence-corrected chi connectivity index (χ1v) is 9.53. The van der Waals surface area contributed by atoms with E-state index in [0.717, 1.165) is 34.6 Å². The number of anilines is 1. The summed E-state index contributed by atoms with van der Waals surface area (Å²) in [7, 11) is 0. The minimum atomic E-state index is -4.43. The van der Waals surface area contributed by atoms with Crippen LogP contribution in [0.25, 0.3) is 16.7 Å². The Bertz CT molecular complexity index is 1280. The third-order valence-electron chi connectivity index (χ3n) is 5.28. The third-order valence-corrected chi connectivity index (χ3v) is 5.28. The van der Waals surface area contributed by atoms with E-state index in [9.17, 15) is 13.2 Å². The molecule has 31 heavy (non-hydrogen) atoms. The minimum absolute atomic E-state index is 0.106. The summed E-state index contributed by atoms with van der Waals surface area (Å²) < 4.78 is 52.1. The van der Waals surface area contributed by atoms with Crippen LogP contribution in [0.5, 0.6) is 11.5 Å². The molecule has 0 amide bonds. The van der Waals surface area contributed by atoms with Crippen LogP contribution < -0.4 is 10.5 Å². The quantitative estimate of drug-likeness (QED) is 0.474. The van der Waals surface area contributed by atoms with Crippen LogP contribution in [0.4, 0.5) is 19.0 Å². The Morgan fingerprint density at radius 3 is 2.61 bits per heavy atom. The fourth-order valence-corrected chi connectivity index (χ4v) is 3.88. The van der Waals surface area contributed by atoms with Crippen molar-refractivity contribution in [1.29, 1.82) is 0 Å². The van der Waals surface area contributed by atoms with Crippen LogP contribution in [0.15, 0.2) is 54.9 Å². The number of fused-ring (bicyclic) bond motifs is 3. The molecule has 1 aliphatic heterocycles. The number of nitrogens with zero attached hydrogens (tertiary/aromatic N) is 3. The van der Waals surface area contributed by atoms with Gasteiger partial charge < -0.3 is 19.8 Å². The summed E-state index contributed by atoms with van der Waals surface area (Å²) >= 11 is 0. The highest BCUT2D eigenvalue weighted by molar-refractivity contribution is 5.91. The predicted octanol–water partition coefficient (Wildman–Crippen LogP) is 5.41. The number of hydrogen-bond donors (Lipinski definition) is 1. The third kappa shape index (κ3) is 3.27. The molecule has 0 saturated carbocycles. The Labute approximate surface area is 175 Å². The van der Waals surface area contributed by atoms with E-state index in [-0.39, 0.29) is 11.9 Å². The van der Waals surface area contributed by atoms with Gasteiger partial charge in [-0.3, -0.25) is 0 Å². The van der Waals surface area contributed by atoms with E-state index in [1.165, 1.54) is 18.5 Å². The highest BCUT2D eigenvalue weighted by Crippen LogP contribution is 2.41. The maximum absolute atomic E-state index is 12.9. The molecule has 1 aliphatic rings. The molecule has 0 aliphatic carbocycles. The van der Waals surface area contributed by atoms with Crippen LogP contribution in [-0.2, 0) is 17.5 Å². The van der Waals surface area contributed by atoms with E-state index in [1.807, 2.05) is 11.5 Å². The number of alkyl halides is 3. The molecular weight excluding hydrogens is 409 g/mol. The number of ether oxygens (including phenoxy) is 2. The molecule has 0 radical (unpaired) electrons. The van der Waals surface area contributed by atoms with Gasteiger partial charge in [-0.05, 0) is 49.4 Å². The van der Waals surface area contributed by atoms with Gasteiger partial charge in [-0.25, -0.2) is 9.97 Å². The number of aromatic nitrogens is 3. The summed E-state index contributed by atoms with van der Waals surface area (Å²) in [6.07, 6.45) is -3.11. The van der Waals surface area contributed by atoms with Crippen LogP contribution in [-0.4, -0.2) is 14.5 Å². The Balaban J connectivity index is 1.52. The first-order chi connectivity index (χ1) is 14.8. The van der Waals surface area contributed by atoms with E-state index in [1.54, 1.807) is 24.3 Å². The van der Waals surface area contributed by atoms with E-state index >= 15 is 0 Å². The van der Waals surface area contributed by atoms with Crippen molar-refractivity contribution < 1.29 is 22.6 Å². The van der Waals surface area contributed by atoms with Gasteiger partial charge >= 0.3 is 6.18 Å². The largest absolute Gasteiger partial charge is 0.457 e. The molecular formula is C22H17F3N4O2. The van der Waals surface area contributed by atoms with Gasteiger partial charge in [0.1, 0.15) is 28.9 Å². The van der Waals surface area contributed by atoms with Crippen molar-refractivity contribution in [3.63, 3.8) is 0 Å². The van der Waals surface area contributed by atoms with Crippen LogP contribution in [0, 0.1) is 0 Å². The smallest absolute Gasteiger partial charge is 0.416 e. The normalized spacial score (nSPS) is 15.9. The first kappa shape index (κ1) is 19.4. The van der Waals surface area contributed by atoms with Crippen LogP contribution in [0.1, 0.15) is 29.8 Å². The zero-order valence-corrected chi connectivity index (χ0v) is 16.3. The summed E-state index contributed by atoms with van der Waals surface area (Å²) in [6, 6.07) is 11.7. The fourth-order valence-electron chi connectivity index (χ4n) is 3.88.